The van der Waals surface area contributed by atoms with E-state index < -0.39 is 11.6 Å². The van der Waals surface area contributed by atoms with Crippen molar-refractivity contribution in [2.45, 2.75) is 30.5 Å². The number of rotatable bonds is 11. The zero-order valence-corrected chi connectivity index (χ0v) is 27.8. The summed E-state index contributed by atoms with van der Waals surface area (Å²) in [5.74, 6) is 0.854. The van der Waals surface area contributed by atoms with Crippen molar-refractivity contribution in [1.82, 2.24) is 5.32 Å². The minimum Gasteiger partial charge on any atom is -0.494 e. The third-order valence-corrected chi connectivity index (χ3v) is 9.38. The number of hydrogen-bond donors (Lipinski definition) is 2. The van der Waals surface area contributed by atoms with Gasteiger partial charge in [-0.05, 0) is 69.8 Å². The van der Waals surface area contributed by atoms with Crippen LogP contribution in [0.25, 0.3) is 17.2 Å². The molecule has 1 aliphatic heterocycles. The average Bonchev–Trinajstić information content (AvgIpc) is 3.67. The van der Waals surface area contributed by atoms with Crippen molar-refractivity contribution < 1.29 is 19.4 Å². The Hall–Kier alpha value is -4.98. The van der Waals surface area contributed by atoms with Crippen LogP contribution in [-0.2, 0) is 9.53 Å². The maximum Gasteiger partial charge on any atom is 0.253 e. The molecular weight excluding hydrogens is 664 g/mol. The van der Waals surface area contributed by atoms with Crippen molar-refractivity contribution >= 4 is 33.8 Å². The summed E-state index contributed by atoms with van der Waals surface area (Å²) < 4.78 is 13.4. The molecule has 0 fully saturated rings. The molecule has 0 spiro atoms. The SMILES string of the molecule is O=C(NC1c2ccccc2-c2ccccc21)[C@]1(C/C=C/c2ccccc2)N=C(c2ccc(OCCCO)cc2)O[C@@H]1c1ccc(Br)cc1. The van der Waals surface area contributed by atoms with Crippen LogP contribution in [0, 0.1) is 0 Å². The van der Waals surface area contributed by atoms with Crippen molar-refractivity contribution in [2.24, 2.45) is 4.99 Å². The highest BCUT2D eigenvalue weighted by molar-refractivity contribution is 9.10. The Bertz CT molecular complexity index is 1910. The fourth-order valence-electron chi connectivity index (χ4n) is 6.46. The summed E-state index contributed by atoms with van der Waals surface area (Å²) in [5, 5.41) is 12.6. The first-order chi connectivity index (χ1) is 23.6. The van der Waals surface area contributed by atoms with Crippen molar-refractivity contribution in [3.63, 3.8) is 0 Å². The minimum absolute atomic E-state index is 0.0705. The van der Waals surface area contributed by atoms with E-state index in [0.717, 1.165) is 43.4 Å². The molecule has 1 amide bonds. The third-order valence-electron chi connectivity index (χ3n) is 8.85. The summed E-state index contributed by atoms with van der Waals surface area (Å²) in [4.78, 5) is 20.2. The zero-order valence-electron chi connectivity index (χ0n) is 26.3. The van der Waals surface area contributed by atoms with E-state index in [1.165, 1.54) is 0 Å². The summed E-state index contributed by atoms with van der Waals surface area (Å²) >= 11 is 3.56. The van der Waals surface area contributed by atoms with E-state index in [-0.39, 0.29) is 18.6 Å². The Kier molecular flexibility index (Phi) is 9.23. The number of carbonyl (C=O) groups is 1. The summed E-state index contributed by atoms with van der Waals surface area (Å²) in [6, 6.07) is 41.5. The molecule has 1 heterocycles. The van der Waals surface area contributed by atoms with Gasteiger partial charge in [0.05, 0.1) is 12.6 Å². The van der Waals surface area contributed by atoms with Gasteiger partial charge in [0.2, 0.25) is 5.90 Å². The Morgan fingerprint density at radius 3 is 2.17 bits per heavy atom. The Morgan fingerprint density at radius 1 is 0.854 bits per heavy atom. The fourth-order valence-corrected chi connectivity index (χ4v) is 6.72. The van der Waals surface area contributed by atoms with Crippen LogP contribution in [0.4, 0.5) is 0 Å². The smallest absolute Gasteiger partial charge is 0.253 e. The first-order valence-electron chi connectivity index (χ1n) is 16.1. The quantitative estimate of drug-likeness (QED) is 0.136. The van der Waals surface area contributed by atoms with E-state index in [2.05, 4.69) is 45.5 Å². The number of nitrogens with one attached hydrogen (secondary N) is 1. The van der Waals surface area contributed by atoms with Crippen molar-refractivity contribution in [3.05, 3.63) is 166 Å². The van der Waals surface area contributed by atoms with Gasteiger partial charge in [0.1, 0.15) is 5.75 Å². The molecule has 1 aliphatic carbocycles. The lowest BCUT2D eigenvalue weighted by atomic mass is 9.83. The number of ether oxygens (including phenoxy) is 2. The molecule has 0 saturated carbocycles. The normalized spacial score (nSPS) is 18.2. The van der Waals surface area contributed by atoms with Crippen LogP contribution >= 0.6 is 15.9 Å². The van der Waals surface area contributed by atoms with Gasteiger partial charge in [-0.1, -0.05) is 119 Å². The number of halogens is 1. The molecule has 0 radical (unpaired) electrons. The van der Waals surface area contributed by atoms with Crippen molar-refractivity contribution in [2.75, 3.05) is 13.2 Å². The predicted molar refractivity (Wildman–Crippen MR) is 193 cm³/mol. The number of aliphatic hydroxyl groups is 1. The molecular formula is C41H35BrN2O4. The molecule has 2 aliphatic rings. The molecule has 240 valence electrons. The van der Waals surface area contributed by atoms with Crippen LogP contribution in [0.15, 0.2) is 143 Å². The first kappa shape index (κ1) is 31.6. The molecule has 5 aromatic rings. The second-order valence-electron chi connectivity index (χ2n) is 11.9. The Balaban J connectivity index is 1.31. The van der Waals surface area contributed by atoms with Crippen LogP contribution in [0.3, 0.4) is 0 Å². The second-order valence-corrected chi connectivity index (χ2v) is 12.9. The van der Waals surface area contributed by atoms with E-state index in [1.807, 2.05) is 115 Å². The molecule has 2 atom stereocenters. The predicted octanol–water partition coefficient (Wildman–Crippen LogP) is 8.46. The van der Waals surface area contributed by atoms with Crippen LogP contribution in [0.2, 0.25) is 0 Å². The van der Waals surface area contributed by atoms with Crippen LogP contribution in [0.1, 0.15) is 52.8 Å². The Morgan fingerprint density at radius 2 is 1.50 bits per heavy atom. The zero-order chi connectivity index (χ0) is 32.9. The minimum atomic E-state index is -1.32. The molecule has 0 bridgehead atoms. The number of benzene rings is 5. The lowest BCUT2D eigenvalue weighted by Crippen LogP contribution is -2.49. The van der Waals surface area contributed by atoms with Crippen LogP contribution < -0.4 is 10.1 Å². The Labute approximate surface area is 288 Å². The molecule has 7 rings (SSSR count). The molecule has 7 heteroatoms. The van der Waals surface area contributed by atoms with Crippen molar-refractivity contribution in [3.8, 4) is 16.9 Å². The number of aliphatic hydroxyl groups excluding tert-OH is 1. The molecule has 48 heavy (non-hydrogen) atoms. The molecule has 0 aromatic heterocycles. The molecule has 2 N–H and O–H groups in total. The fraction of sp³-hybridized carbons (Fsp3) is 0.171. The van der Waals surface area contributed by atoms with Gasteiger partial charge in [-0.3, -0.25) is 4.79 Å². The van der Waals surface area contributed by atoms with Crippen molar-refractivity contribution in [1.29, 1.82) is 0 Å². The lowest BCUT2D eigenvalue weighted by Gasteiger charge is -2.31. The third kappa shape index (κ3) is 6.31. The maximum absolute atomic E-state index is 15.0. The van der Waals surface area contributed by atoms with E-state index in [9.17, 15) is 0 Å². The lowest BCUT2D eigenvalue weighted by molar-refractivity contribution is -0.129. The van der Waals surface area contributed by atoms with E-state index in [4.69, 9.17) is 19.6 Å². The highest BCUT2D eigenvalue weighted by atomic mass is 79.9. The number of amides is 1. The summed E-state index contributed by atoms with van der Waals surface area (Å²) in [6.45, 7) is 0.491. The topological polar surface area (TPSA) is 80.2 Å². The number of aliphatic imine (C=N–C) groups is 1. The number of hydrogen-bond acceptors (Lipinski definition) is 5. The highest BCUT2D eigenvalue weighted by Crippen LogP contribution is 2.46. The highest BCUT2D eigenvalue weighted by Gasteiger charge is 2.53. The standard InChI is InChI=1S/C41H35BrN2O4/c42-31-21-17-29(18-22-31)38-41(25-8-12-28-10-2-1-3-11-28,44-39(48-38)30-19-23-32(24-20-30)47-27-9-26-45)40(46)43-37-35-15-6-4-13-33(35)34-14-5-7-16-36(34)37/h1-8,10-24,37-38,45H,9,25-27H2,(H,43,46)/b12-8+/t38-,41-/m1/s1. The second kappa shape index (κ2) is 14.0. The number of nitrogens with zero attached hydrogens (tertiary/aromatic N) is 1. The van der Waals surface area contributed by atoms with Gasteiger partial charge in [0, 0.05) is 29.5 Å². The number of fused-ring (bicyclic) bond motifs is 3. The molecule has 0 saturated heterocycles. The van der Waals surface area contributed by atoms with Crippen LogP contribution in [0.5, 0.6) is 5.75 Å². The molecule has 6 nitrogen and oxygen atoms in total. The van der Waals surface area contributed by atoms with Gasteiger partial charge in [-0.15, -0.1) is 0 Å². The first-order valence-corrected chi connectivity index (χ1v) is 16.9. The van der Waals surface area contributed by atoms with Gasteiger partial charge in [0.15, 0.2) is 11.6 Å². The maximum atomic E-state index is 15.0. The van der Waals surface area contributed by atoms with Gasteiger partial charge in [-0.2, -0.15) is 0 Å². The van der Waals surface area contributed by atoms with Gasteiger partial charge >= 0.3 is 0 Å². The summed E-state index contributed by atoms with van der Waals surface area (Å²) in [7, 11) is 0. The molecule has 0 unspecified atom stereocenters. The average molecular weight is 700 g/mol. The van der Waals surface area contributed by atoms with Gasteiger partial charge in [-0.25, -0.2) is 4.99 Å². The van der Waals surface area contributed by atoms with Gasteiger partial charge < -0.3 is 19.9 Å². The summed E-state index contributed by atoms with van der Waals surface area (Å²) in [6.07, 6.45) is 4.20. The van der Waals surface area contributed by atoms with Gasteiger partial charge in [0.25, 0.3) is 5.91 Å². The van der Waals surface area contributed by atoms with E-state index >= 15 is 4.79 Å². The molecule has 5 aromatic carbocycles. The van der Waals surface area contributed by atoms with Crippen LogP contribution in [-0.4, -0.2) is 35.7 Å². The number of carbonyl (C=O) groups excluding carboxylic acids is 1. The van der Waals surface area contributed by atoms with E-state index in [0.29, 0.717) is 31.1 Å². The summed E-state index contributed by atoms with van der Waals surface area (Å²) in [5.41, 5.74) is 5.65. The largest absolute Gasteiger partial charge is 0.494 e. The monoisotopic (exact) mass is 698 g/mol. The van der Waals surface area contributed by atoms with E-state index in [1.54, 1.807) is 0 Å².